The third-order valence-corrected chi connectivity index (χ3v) is 2.76. The van der Waals surface area contributed by atoms with E-state index in [1.807, 2.05) is 31.2 Å². The lowest BCUT2D eigenvalue weighted by atomic mass is 10.2. The molecule has 1 aromatic carbocycles. The van der Waals surface area contributed by atoms with Gasteiger partial charge in [0.15, 0.2) is 0 Å². The molecule has 0 bridgehead atoms. The molecule has 3 nitrogen and oxygen atoms in total. The van der Waals surface area contributed by atoms with Crippen molar-refractivity contribution in [1.29, 1.82) is 0 Å². The predicted octanol–water partition coefficient (Wildman–Crippen LogP) is 2.89. The van der Waals surface area contributed by atoms with Crippen molar-refractivity contribution in [1.82, 2.24) is 5.32 Å². The van der Waals surface area contributed by atoms with E-state index in [2.05, 4.69) is 11.4 Å². The Kier molecular flexibility index (Phi) is 3.83. The van der Waals surface area contributed by atoms with Gasteiger partial charge in [0, 0.05) is 12.1 Å². The highest BCUT2D eigenvalue weighted by atomic mass is 16.5. The molecule has 0 aliphatic rings. The lowest BCUT2D eigenvalue weighted by Gasteiger charge is -2.08. The van der Waals surface area contributed by atoms with Crippen LogP contribution in [0.5, 0.6) is 5.75 Å². The number of nitrogens with one attached hydrogen (secondary N) is 1. The van der Waals surface area contributed by atoms with Gasteiger partial charge in [0.2, 0.25) is 0 Å². The minimum atomic E-state index is 0.733. The summed E-state index contributed by atoms with van der Waals surface area (Å²) in [6.45, 7) is 3.55. The van der Waals surface area contributed by atoms with Gasteiger partial charge < -0.3 is 14.5 Å². The first kappa shape index (κ1) is 11.7. The zero-order chi connectivity index (χ0) is 12.1. The Bertz CT molecular complexity index is 477. The minimum Gasteiger partial charge on any atom is -0.496 e. The summed E-state index contributed by atoms with van der Waals surface area (Å²) in [5, 5.41) is 3.35. The van der Waals surface area contributed by atoms with Gasteiger partial charge in [0.25, 0.3) is 0 Å². The van der Waals surface area contributed by atoms with Gasteiger partial charge in [-0.2, -0.15) is 0 Å². The first-order chi connectivity index (χ1) is 8.31. The van der Waals surface area contributed by atoms with E-state index in [9.17, 15) is 0 Å². The zero-order valence-electron chi connectivity index (χ0n) is 10.2. The van der Waals surface area contributed by atoms with Gasteiger partial charge in [0.05, 0.1) is 19.9 Å². The van der Waals surface area contributed by atoms with Crippen molar-refractivity contribution < 1.29 is 9.15 Å². The van der Waals surface area contributed by atoms with Crippen LogP contribution in [0.25, 0.3) is 0 Å². The molecule has 0 saturated carbocycles. The molecule has 0 aliphatic carbocycles. The van der Waals surface area contributed by atoms with Crippen molar-refractivity contribution in [2.75, 3.05) is 7.11 Å². The Morgan fingerprint density at radius 1 is 1.18 bits per heavy atom. The fourth-order valence-electron chi connectivity index (χ4n) is 1.74. The van der Waals surface area contributed by atoms with Crippen LogP contribution in [0.15, 0.2) is 41.0 Å². The fourth-order valence-corrected chi connectivity index (χ4v) is 1.74. The second kappa shape index (κ2) is 5.55. The maximum atomic E-state index is 5.37. The smallest absolute Gasteiger partial charge is 0.123 e. The van der Waals surface area contributed by atoms with Crippen molar-refractivity contribution in [2.24, 2.45) is 0 Å². The number of ether oxygens (including phenoxy) is 1. The van der Waals surface area contributed by atoms with Crippen LogP contribution in [-0.2, 0) is 13.1 Å². The van der Waals surface area contributed by atoms with Crippen molar-refractivity contribution in [3.8, 4) is 5.75 Å². The summed E-state index contributed by atoms with van der Waals surface area (Å²) in [4.78, 5) is 0. The van der Waals surface area contributed by atoms with Crippen molar-refractivity contribution in [3.05, 3.63) is 53.5 Å². The molecule has 0 amide bonds. The molecule has 0 fully saturated rings. The van der Waals surface area contributed by atoms with Gasteiger partial charge in [-0.05, 0) is 24.6 Å². The summed E-state index contributed by atoms with van der Waals surface area (Å²) in [6.07, 6.45) is 1.72. The fraction of sp³-hybridized carbons (Fsp3) is 0.286. The number of para-hydroxylation sites is 1. The van der Waals surface area contributed by atoms with E-state index >= 15 is 0 Å². The van der Waals surface area contributed by atoms with E-state index in [0.29, 0.717) is 0 Å². The molecule has 0 atom stereocenters. The van der Waals surface area contributed by atoms with Gasteiger partial charge in [-0.15, -0.1) is 0 Å². The molecule has 0 saturated heterocycles. The Morgan fingerprint density at radius 2 is 2.00 bits per heavy atom. The summed E-state index contributed by atoms with van der Waals surface area (Å²) in [7, 11) is 1.69. The Balaban J connectivity index is 1.92. The third-order valence-electron chi connectivity index (χ3n) is 2.76. The minimum absolute atomic E-state index is 0.733. The second-order valence-corrected chi connectivity index (χ2v) is 3.94. The maximum Gasteiger partial charge on any atom is 0.123 e. The molecule has 2 aromatic rings. The highest BCUT2D eigenvalue weighted by Crippen LogP contribution is 2.17. The number of hydrogen-bond donors (Lipinski definition) is 1. The lowest BCUT2D eigenvalue weighted by Crippen LogP contribution is -2.13. The predicted molar refractivity (Wildman–Crippen MR) is 67.0 cm³/mol. The van der Waals surface area contributed by atoms with Gasteiger partial charge in [0.1, 0.15) is 11.5 Å². The van der Waals surface area contributed by atoms with E-state index < -0.39 is 0 Å². The molecule has 3 heteroatoms. The molecular weight excluding hydrogens is 214 g/mol. The van der Waals surface area contributed by atoms with E-state index in [0.717, 1.165) is 30.2 Å². The quantitative estimate of drug-likeness (QED) is 0.859. The van der Waals surface area contributed by atoms with E-state index in [4.69, 9.17) is 9.15 Å². The highest BCUT2D eigenvalue weighted by Gasteiger charge is 2.03. The zero-order valence-corrected chi connectivity index (χ0v) is 10.2. The summed E-state index contributed by atoms with van der Waals surface area (Å²) in [5.74, 6) is 1.90. The Hall–Kier alpha value is -1.74. The van der Waals surface area contributed by atoms with Crippen LogP contribution in [0.3, 0.4) is 0 Å². The van der Waals surface area contributed by atoms with E-state index in [1.165, 1.54) is 5.56 Å². The van der Waals surface area contributed by atoms with Crippen molar-refractivity contribution in [2.45, 2.75) is 20.0 Å². The average Bonchev–Trinajstić information content (AvgIpc) is 2.76. The average molecular weight is 231 g/mol. The van der Waals surface area contributed by atoms with Crippen LogP contribution in [0, 0.1) is 6.92 Å². The van der Waals surface area contributed by atoms with E-state index in [-0.39, 0.29) is 0 Å². The van der Waals surface area contributed by atoms with Gasteiger partial charge in [-0.3, -0.25) is 0 Å². The summed E-state index contributed by atoms with van der Waals surface area (Å²) < 4.78 is 10.7. The molecule has 1 aromatic heterocycles. The number of aryl methyl sites for hydroxylation is 1. The largest absolute Gasteiger partial charge is 0.496 e. The molecule has 0 radical (unpaired) electrons. The monoisotopic (exact) mass is 231 g/mol. The standard InChI is InChI=1S/C14H17NO2/c1-11-7-8-17-14(11)10-15-9-12-5-3-4-6-13(12)16-2/h3-8,15H,9-10H2,1-2H3. The van der Waals surface area contributed by atoms with Crippen LogP contribution in [0.2, 0.25) is 0 Å². The van der Waals surface area contributed by atoms with Crippen LogP contribution in [0.4, 0.5) is 0 Å². The number of methoxy groups -OCH3 is 1. The van der Waals surface area contributed by atoms with Gasteiger partial charge >= 0.3 is 0 Å². The molecule has 0 aliphatic heterocycles. The van der Waals surface area contributed by atoms with Crippen LogP contribution in [0.1, 0.15) is 16.9 Å². The van der Waals surface area contributed by atoms with Crippen LogP contribution < -0.4 is 10.1 Å². The summed E-state index contributed by atoms with van der Waals surface area (Å²) >= 11 is 0. The van der Waals surface area contributed by atoms with Gasteiger partial charge in [-0.25, -0.2) is 0 Å². The van der Waals surface area contributed by atoms with Gasteiger partial charge in [-0.1, -0.05) is 18.2 Å². The lowest BCUT2D eigenvalue weighted by molar-refractivity contribution is 0.406. The maximum absolute atomic E-state index is 5.37. The number of hydrogen-bond acceptors (Lipinski definition) is 3. The van der Waals surface area contributed by atoms with E-state index in [1.54, 1.807) is 13.4 Å². The first-order valence-electron chi connectivity index (χ1n) is 5.67. The third kappa shape index (κ3) is 2.88. The van der Waals surface area contributed by atoms with Crippen LogP contribution in [-0.4, -0.2) is 7.11 Å². The molecule has 90 valence electrons. The van der Waals surface area contributed by atoms with Crippen molar-refractivity contribution in [3.63, 3.8) is 0 Å². The molecule has 17 heavy (non-hydrogen) atoms. The SMILES string of the molecule is COc1ccccc1CNCc1occc1C. The molecule has 2 rings (SSSR count). The first-order valence-corrected chi connectivity index (χ1v) is 5.67. The van der Waals surface area contributed by atoms with Crippen molar-refractivity contribution >= 4 is 0 Å². The number of furan rings is 1. The normalized spacial score (nSPS) is 10.5. The molecule has 1 N–H and O–H groups in total. The highest BCUT2D eigenvalue weighted by molar-refractivity contribution is 5.33. The van der Waals surface area contributed by atoms with Crippen LogP contribution >= 0.6 is 0 Å². The molecular formula is C14H17NO2. The second-order valence-electron chi connectivity index (χ2n) is 3.94. The molecule has 0 spiro atoms. The Morgan fingerprint density at radius 3 is 2.71 bits per heavy atom. The number of benzene rings is 1. The summed E-state index contributed by atoms with van der Waals surface area (Å²) in [5.41, 5.74) is 2.33. The molecule has 1 heterocycles. The summed E-state index contributed by atoms with van der Waals surface area (Å²) in [6, 6.07) is 9.98. The Labute approximate surface area is 101 Å². The molecule has 0 unspecified atom stereocenters. The topological polar surface area (TPSA) is 34.4 Å². The number of rotatable bonds is 5.